The number of anilines is 3. The van der Waals surface area contributed by atoms with Crippen LogP contribution in [-0.4, -0.2) is 9.97 Å². The Labute approximate surface area is 88.2 Å². The maximum Gasteiger partial charge on any atom is 0.227 e. The quantitative estimate of drug-likeness (QED) is 0.779. The highest BCUT2D eigenvalue weighted by Gasteiger charge is 1.96. The first-order valence-electron chi connectivity index (χ1n) is 4.65. The highest BCUT2D eigenvalue weighted by molar-refractivity contribution is 5.54. The van der Waals surface area contributed by atoms with Gasteiger partial charge in [-0.2, -0.15) is 0 Å². The van der Waals surface area contributed by atoms with Crippen LogP contribution in [0.2, 0.25) is 0 Å². The molecule has 3 N–H and O–H groups in total. The van der Waals surface area contributed by atoms with Crippen molar-refractivity contribution in [1.82, 2.24) is 9.97 Å². The molecule has 0 aliphatic carbocycles. The van der Waals surface area contributed by atoms with Gasteiger partial charge in [0.1, 0.15) is 0 Å². The van der Waals surface area contributed by atoms with E-state index in [9.17, 15) is 0 Å². The second kappa shape index (κ2) is 3.96. The van der Waals surface area contributed by atoms with Crippen LogP contribution in [0.1, 0.15) is 5.56 Å². The Morgan fingerprint density at radius 3 is 2.60 bits per heavy atom. The molecule has 4 heteroatoms. The van der Waals surface area contributed by atoms with Crippen molar-refractivity contribution in [2.45, 2.75) is 6.92 Å². The van der Waals surface area contributed by atoms with Crippen LogP contribution in [-0.2, 0) is 0 Å². The van der Waals surface area contributed by atoms with E-state index in [2.05, 4.69) is 15.3 Å². The highest BCUT2D eigenvalue weighted by Crippen LogP contribution is 2.13. The van der Waals surface area contributed by atoms with E-state index in [1.165, 1.54) is 5.56 Å². The minimum Gasteiger partial charge on any atom is -0.396 e. The summed E-state index contributed by atoms with van der Waals surface area (Å²) in [5, 5.41) is 3.09. The summed E-state index contributed by atoms with van der Waals surface area (Å²) in [6.45, 7) is 2.04. The van der Waals surface area contributed by atoms with Gasteiger partial charge in [0, 0.05) is 5.69 Å². The van der Waals surface area contributed by atoms with Crippen LogP contribution in [0.5, 0.6) is 0 Å². The first-order valence-corrected chi connectivity index (χ1v) is 4.65. The van der Waals surface area contributed by atoms with Crippen molar-refractivity contribution in [1.29, 1.82) is 0 Å². The van der Waals surface area contributed by atoms with Gasteiger partial charge in [-0.05, 0) is 24.6 Å². The Balaban J connectivity index is 2.18. The zero-order chi connectivity index (χ0) is 10.7. The Kier molecular flexibility index (Phi) is 2.49. The molecule has 0 atom stereocenters. The van der Waals surface area contributed by atoms with Crippen molar-refractivity contribution in [2.75, 3.05) is 11.1 Å². The largest absolute Gasteiger partial charge is 0.396 e. The molecule has 0 aliphatic heterocycles. The Bertz CT molecular complexity index is 450. The third-order valence-corrected chi connectivity index (χ3v) is 1.95. The summed E-state index contributed by atoms with van der Waals surface area (Å²) in [5.41, 5.74) is 8.21. The number of aryl methyl sites for hydroxylation is 1. The summed E-state index contributed by atoms with van der Waals surface area (Å²) in [5.74, 6) is 0.551. The minimum absolute atomic E-state index is 0.551. The molecule has 15 heavy (non-hydrogen) atoms. The highest BCUT2D eigenvalue weighted by atomic mass is 15.1. The summed E-state index contributed by atoms with van der Waals surface area (Å²) < 4.78 is 0. The normalized spacial score (nSPS) is 9.93. The van der Waals surface area contributed by atoms with Crippen LogP contribution in [0.15, 0.2) is 36.7 Å². The van der Waals surface area contributed by atoms with Gasteiger partial charge in [0.25, 0.3) is 0 Å². The summed E-state index contributed by atoms with van der Waals surface area (Å²) in [6, 6.07) is 8.01. The van der Waals surface area contributed by atoms with Gasteiger partial charge in [-0.15, -0.1) is 0 Å². The number of hydrogen-bond donors (Lipinski definition) is 2. The van der Waals surface area contributed by atoms with Crippen LogP contribution < -0.4 is 11.1 Å². The lowest BCUT2D eigenvalue weighted by Gasteiger charge is -2.04. The maximum atomic E-state index is 5.49. The molecular weight excluding hydrogens is 188 g/mol. The van der Waals surface area contributed by atoms with E-state index in [0.717, 1.165) is 5.69 Å². The lowest BCUT2D eigenvalue weighted by Crippen LogP contribution is -1.97. The van der Waals surface area contributed by atoms with Crippen LogP contribution in [0.3, 0.4) is 0 Å². The monoisotopic (exact) mass is 200 g/mol. The first kappa shape index (κ1) is 9.45. The van der Waals surface area contributed by atoms with Crippen molar-refractivity contribution < 1.29 is 0 Å². The second-order valence-corrected chi connectivity index (χ2v) is 3.33. The number of aromatic nitrogens is 2. The van der Waals surface area contributed by atoms with Gasteiger partial charge in [0.2, 0.25) is 5.95 Å². The second-order valence-electron chi connectivity index (χ2n) is 3.33. The van der Waals surface area contributed by atoms with Gasteiger partial charge in [-0.25, -0.2) is 9.97 Å². The number of nitrogens with two attached hydrogens (primary N) is 1. The van der Waals surface area contributed by atoms with Gasteiger partial charge >= 0.3 is 0 Å². The van der Waals surface area contributed by atoms with Crippen molar-refractivity contribution >= 4 is 17.3 Å². The summed E-state index contributed by atoms with van der Waals surface area (Å²) in [4.78, 5) is 8.11. The van der Waals surface area contributed by atoms with Gasteiger partial charge in [0.15, 0.2) is 0 Å². The molecule has 1 aromatic heterocycles. The lowest BCUT2D eigenvalue weighted by atomic mass is 10.2. The molecule has 0 bridgehead atoms. The van der Waals surface area contributed by atoms with Crippen molar-refractivity contribution in [3.63, 3.8) is 0 Å². The van der Waals surface area contributed by atoms with Crippen LogP contribution in [0.25, 0.3) is 0 Å². The molecular formula is C11H12N4. The van der Waals surface area contributed by atoms with Crippen LogP contribution >= 0.6 is 0 Å². The molecule has 0 radical (unpaired) electrons. The summed E-state index contributed by atoms with van der Waals surface area (Å²) in [6.07, 6.45) is 3.15. The molecule has 2 aromatic rings. The average Bonchev–Trinajstić information content (AvgIpc) is 2.22. The zero-order valence-corrected chi connectivity index (χ0v) is 8.44. The fraction of sp³-hybridized carbons (Fsp3) is 0.0909. The Morgan fingerprint density at radius 1 is 1.20 bits per heavy atom. The predicted octanol–water partition coefficient (Wildman–Crippen LogP) is 2.11. The van der Waals surface area contributed by atoms with Crippen molar-refractivity contribution in [3.05, 3.63) is 42.2 Å². The minimum atomic E-state index is 0.551. The number of nitrogens with one attached hydrogen (secondary N) is 1. The number of hydrogen-bond acceptors (Lipinski definition) is 4. The molecule has 0 spiro atoms. The third kappa shape index (κ3) is 2.43. The van der Waals surface area contributed by atoms with E-state index in [-0.39, 0.29) is 0 Å². The fourth-order valence-electron chi connectivity index (χ4n) is 1.25. The summed E-state index contributed by atoms with van der Waals surface area (Å²) >= 11 is 0. The van der Waals surface area contributed by atoms with Gasteiger partial charge in [-0.1, -0.05) is 12.1 Å². The maximum absolute atomic E-state index is 5.49. The van der Waals surface area contributed by atoms with Gasteiger partial charge < -0.3 is 11.1 Å². The topological polar surface area (TPSA) is 63.8 Å². The zero-order valence-electron chi connectivity index (χ0n) is 8.44. The Morgan fingerprint density at radius 2 is 1.93 bits per heavy atom. The number of nitrogen functional groups attached to an aromatic ring is 1. The molecule has 1 aromatic carbocycles. The molecule has 0 aliphatic rings. The molecule has 1 heterocycles. The SMILES string of the molecule is Cc1cccc(Nc2ncc(N)cn2)c1. The van der Waals surface area contributed by atoms with Gasteiger partial charge in [0.05, 0.1) is 18.1 Å². The van der Waals surface area contributed by atoms with Crippen molar-refractivity contribution in [2.24, 2.45) is 0 Å². The van der Waals surface area contributed by atoms with Crippen LogP contribution in [0.4, 0.5) is 17.3 Å². The number of nitrogens with zero attached hydrogens (tertiary/aromatic N) is 2. The van der Waals surface area contributed by atoms with E-state index < -0.39 is 0 Å². The molecule has 0 fully saturated rings. The van der Waals surface area contributed by atoms with E-state index >= 15 is 0 Å². The van der Waals surface area contributed by atoms with E-state index in [4.69, 9.17) is 5.73 Å². The number of rotatable bonds is 2. The molecule has 0 saturated heterocycles. The smallest absolute Gasteiger partial charge is 0.227 e. The molecule has 76 valence electrons. The third-order valence-electron chi connectivity index (χ3n) is 1.95. The average molecular weight is 200 g/mol. The fourth-order valence-corrected chi connectivity index (χ4v) is 1.25. The molecule has 0 amide bonds. The molecule has 0 saturated carbocycles. The van der Waals surface area contributed by atoms with Crippen molar-refractivity contribution in [3.8, 4) is 0 Å². The lowest BCUT2D eigenvalue weighted by molar-refractivity contribution is 1.17. The van der Waals surface area contributed by atoms with Gasteiger partial charge in [-0.3, -0.25) is 0 Å². The molecule has 0 unspecified atom stereocenters. The van der Waals surface area contributed by atoms with E-state index in [0.29, 0.717) is 11.6 Å². The predicted molar refractivity (Wildman–Crippen MR) is 60.9 cm³/mol. The molecule has 2 rings (SSSR count). The van der Waals surface area contributed by atoms with E-state index in [1.54, 1.807) is 12.4 Å². The number of benzene rings is 1. The van der Waals surface area contributed by atoms with Crippen LogP contribution in [0, 0.1) is 6.92 Å². The standard InChI is InChI=1S/C11H12N4/c1-8-3-2-4-10(5-8)15-11-13-6-9(12)7-14-11/h2-7H,12H2,1H3,(H,13,14,15). The molecule has 4 nitrogen and oxygen atoms in total. The summed E-state index contributed by atoms with van der Waals surface area (Å²) in [7, 11) is 0. The Hall–Kier alpha value is -2.10. The van der Waals surface area contributed by atoms with E-state index in [1.807, 2.05) is 31.2 Å². The first-order chi connectivity index (χ1) is 7.24.